The van der Waals surface area contributed by atoms with Gasteiger partial charge in [0.05, 0.1) is 11.3 Å². The average molecular weight is 350 g/mol. The van der Waals surface area contributed by atoms with Gasteiger partial charge in [0.2, 0.25) is 0 Å². The molecule has 0 aliphatic carbocycles. The van der Waals surface area contributed by atoms with E-state index in [4.69, 9.17) is 11.6 Å². The number of hydrogen-bond donors (Lipinski definition) is 2. The second kappa shape index (κ2) is 6.62. The van der Waals surface area contributed by atoms with Crippen LogP contribution in [0, 0.1) is 0 Å². The summed E-state index contributed by atoms with van der Waals surface area (Å²) in [5.74, 6) is -1.32. The van der Waals surface area contributed by atoms with E-state index in [1.165, 1.54) is 0 Å². The first-order valence-electron chi connectivity index (χ1n) is 7.57. The lowest BCUT2D eigenvalue weighted by Crippen LogP contribution is -2.40. The summed E-state index contributed by atoms with van der Waals surface area (Å²) < 4.78 is 0.939. The van der Waals surface area contributed by atoms with Crippen molar-refractivity contribution < 1.29 is 9.90 Å². The first kappa shape index (κ1) is 16.5. The lowest BCUT2D eigenvalue weighted by Gasteiger charge is -2.16. The number of hydrogen-bond acceptors (Lipinski definition) is 4. The molecule has 0 saturated carbocycles. The van der Waals surface area contributed by atoms with Gasteiger partial charge in [-0.1, -0.05) is 11.6 Å². The highest BCUT2D eigenvalue weighted by Gasteiger charge is 2.23. The van der Waals surface area contributed by atoms with E-state index < -0.39 is 17.2 Å². The second-order valence-corrected chi connectivity index (χ2v) is 6.13. The smallest absolute Gasteiger partial charge is 0.352 e. The maximum Gasteiger partial charge on any atom is 0.352 e. The monoisotopic (exact) mass is 349 g/mol. The molecular weight excluding hydrogens is 334 g/mol. The molecule has 0 spiro atoms. The van der Waals surface area contributed by atoms with Gasteiger partial charge in [-0.2, -0.15) is 0 Å². The van der Waals surface area contributed by atoms with E-state index >= 15 is 0 Å². The van der Waals surface area contributed by atoms with Crippen molar-refractivity contribution in [3.05, 3.63) is 61.4 Å². The molecule has 1 aromatic carbocycles. The highest BCUT2D eigenvalue weighted by Crippen LogP contribution is 2.14. The SMILES string of the molecule is O=C(O)c1[nH]c(=O)n(-c2ccc(Cl)cc2)c(=O)c1CN1CCCC1. The van der Waals surface area contributed by atoms with Crippen LogP contribution < -0.4 is 11.2 Å². The normalized spacial score (nSPS) is 14.9. The van der Waals surface area contributed by atoms with Gasteiger partial charge in [0.25, 0.3) is 5.56 Å². The molecule has 0 atom stereocenters. The Labute approximate surface area is 142 Å². The summed E-state index contributed by atoms with van der Waals surface area (Å²) in [6.45, 7) is 1.81. The topological polar surface area (TPSA) is 95.4 Å². The Morgan fingerprint density at radius 3 is 2.38 bits per heavy atom. The fraction of sp³-hybridized carbons (Fsp3) is 0.312. The zero-order valence-corrected chi connectivity index (χ0v) is 13.5. The number of rotatable bonds is 4. The molecule has 0 bridgehead atoms. The first-order chi connectivity index (χ1) is 11.5. The van der Waals surface area contributed by atoms with Gasteiger partial charge in [0.15, 0.2) is 0 Å². The van der Waals surface area contributed by atoms with Crippen LogP contribution in [0.4, 0.5) is 0 Å². The first-order valence-corrected chi connectivity index (χ1v) is 7.95. The van der Waals surface area contributed by atoms with Crippen molar-refractivity contribution in [2.24, 2.45) is 0 Å². The zero-order chi connectivity index (χ0) is 17.3. The van der Waals surface area contributed by atoms with Gasteiger partial charge in [0, 0.05) is 11.6 Å². The van der Waals surface area contributed by atoms with E-state index in [-0.39, 0.29) is 17.8 Å². The molecule has 24 heavy (non-hydrogen) atoms. The molecule has 2 aromatic rings. The van der Waals surface area contributed by atoms with Crippen LogP contribution in [0.1, 0.15) is 28.9 Å². The molecular formula is C16H16ClN3O4. The number of benzene rings is 1. The maximum absolute atomic E-state index is 12.8. The number of aromatic nitrogens is 2. The van der Waals surface area contributed by atoms with Crippen LogP contribution in [0.15, 0.2) is 33.9 Å². The fourth-order valence-electron chi connectivity index (χ4n) is 2.89. The third kappa shape index (κ3) is 3.13. The van der Waals surface area contributed by atoms with Gasteiger partial charge in [-0.15, -0.1) is 0 Å². The zero-order valence-electron chi connectivity index (χ0n) is 12.8. The van der Waals surface area contributed by atoms with E-state index in [0.29, 0.717) is 10.7 Å². The molecule has 126 valence electrons. The number of likely N-dealkylation sites (tertiary alicyclic amines) is 1. The molecule has 0 radical (unpaired) electrons. The van der Waals surface area contributed by atoms with Crippen molar-refractivity contribution >= 4 is 17.6 Å². The Balaban J connectivity index is 2.16. The minimum Gasteiger partial charge on any atom is -0.477 e. The number of aromatic carboxylic acids is 1. The summed E-state index contributed by atoms with van der Waals surface area (Å²) >= 11 is 5.83. The predicted molar refractivity (Wildman–Crippen MR) is 89.1 cm³/mol. The van der Waals surface area contributed by atoms with Crippen molar-refractivity contribution in [3.63, 3.8) is 0 Å². The van der Waals surface area contributed by atoms with Crippen LogP contribution in [0.2, 0.25) is 5.02 Å². The molecule has 1 saturated heterocycles. The highest BCUT2D eigenvalue weighted by molar-refractivity contribution is 6.30. The number of nitrogens with one attached hydrogen (secondary N) is 1. The summed E-state index contributed by atoms with van der Waals surface area (Å²) in [6, 6.07) is 6.21. The molecule has 7 nitrogen and oxygen atoms in total. The van der Waals surface area contributed by atoms with Crippen LogP contribution in [-0.2, 0) is 6.54 Å². The van der Waals surface area contributed by atoms with Crippen molar-refractivity contribution in [3.8, 4) is 5.69 Å². The Morgan fingerprint density at radius 1 is 1.17 bits per heavy atom. The number of carboxylic acids is 1. The average Bonchev–Trinajstić information content (AvgIpc) is 3.04. The van der Waals surface area contributed by atoms with Crippen molar-refractivity contribution in [2.45, 2.75) is 19.4 Å². The van der Waals surface area contributed by atoms with Crippen LogP contribution in [0.25, 0.3) is 5.69 Å². The van der Waals surface area contributed by atoms with Crippen LogP contribution in [0.3, 0.4) is 0 Å². The number of aromatic amines is 1. The lowest BCUT2D eigenvalue weighted by molar-refractivity contribution is 0.0687. The van der Waals surface area contributed by atoms with Gasteiger partial charge in [-0.3, -0.25) is 9.69 Å². The largest absolute Gasteiger partial charge is 0.477 e. The Bertz CT molecular complexity index is 880. The lowest BCUT2D eigenvalue weighted by atomic mass is 10.2. The molecule has 0 amide bonds. The number of nitrogens with zero attached hydrogens (tertiary/aromatic N) is 2. The number of carboxylic acid groups (broad SMARTS) is 1. The quantitative estimate of drug-likeness (QED) is 0.871. The summed E-state index contributed by atoms with van der Waals surface area (Å²) in [6.07, 6.45) is 2.02. The highest BCUT2D eigenvalue weighted by atomic mass is 35.5. The van der Waals surface area contributed by atoms with Crippen LogP contribution in [0.5, 0.6) is 0 Å². The van der Waals surface area contributed by atoms with Crippen LogP contribution >= 0.6 is 11.6 Å². The van der Waals surface area contributed by atoms with E-state index in [0.717, 1.165) is 30.5 Å². The molecule has 2 N–H and O–H groups in total. The van der Waals surface area contributed by atoms with Gasteiger partial charge in [0.1, 0.15) is 5.69 Å². The van der Waals surface area contributed by atoms with Gasteiger partial charge in [-0.25, -0.2) is 14.2 Å². The molecule has 1 fully saturated rings. The molecule has 1 aliphatic rings. The van der Waals surface area contributed by atoms with Gasteiger partial charge >= 0.3 is 11.7 Å². The van der Waals surface area contributed by atoms with Gasteiger partial charge < -0.3 is 10.1 Å². The van der Waals surface area contributed by atoms with Crippen LogP contribution in [-0.4, -0.2) is 38.6 Å². The second-order valence-electron chi connectivity index (χ2n) is 5.69. The third-order valence-electron chi connectivity index (χ3n) is 4.08. The van der Waals surface area contributed by atoms with E-state index in [2.05, 4.69) is 4.98 Å². The molecule has 3 rings (SSSR count). The summed E-state index contributed by atoms with van der Waals surface area (Å²) in [5, 5.41) is 9.81. The number of H-pyrrole nitrogens is 1. The fourth-order valence-corrected chi connectivity index (χ4v) is 3.02. The summed E-state index contributed by atoms with van der Waals surface area (Å²) in [4.78, 5) is 40.8. The number of carbonyl (C=O) groups is 1. The van der Waals surface area contributed by atoms with Crippen molar-refractivity contribution in [2.75, 3.05) is 13.1 Å². The molecule has 0 unspecified atom stereocenters. The Hall–Kier alpha value is -2.38. The van der Waals surface area contributed by atoms with E-state index in [1.807, 2.05) is 4.90 Å². The third-order valence-corrected chi connectivity index (χ3v) is 4.33. The number of halogens is 1. The van der Waals surface area contributed by atoms with E-state index in [1.54, 1.807) is 24.3 Å². The predicted octanol–water partition coefficient (Wildman–Crippen LogP) is 1.47. The van der Waals surface area contributed by atoms with E-state index in [9.17, 15) is 19.5 Å². The standard InChI is InChI=1S/C16H16ClN3O4/c17-10-3-5-11(6-4-10)20-14(21)12(9-19-7-1-2-8-19)13(15(22)23)18-16(20)24/h3-6H,1-2,7-9H2,(H,18,24)(H,22,23). The van der Waals surface area contributed by atoms with Gasteiger partial charge in [-0.05, 0) is 50.2 Å². The van der Waals surface area contributed by atoms with Crippen molar-refractivity contribution in [1.29, 1.82) is 0 Å². The molecule has 2 heterocycles. The molecule has 1 aliphatic heterocycles. The summed E-state index contributed by atoms with van der Waals surface area (Å²) in [5.41, 5.74) is -1.33. The Morgan fingerprint density at radius 2 is 1.79 bits per heavy atom. The van der Waals surface area contributed by atoms with Crippen molar-refractivity contribution in [1.82, 2.24) is 14.5 Å². The molecule has 8 heteroatoms. The minimum atomic E-state index is -1.32. The maximum atomic E-state index is 12.8. The minimum absolute atomic E-state index is 0.0824. The summed E-state index contributed by atoms with van der Waals surface area (Å²) in [7, 11) is 0. The Kier molecular flexibility index (Phi) is 4.55. The molecule has 1 aromatic heterocycles.